The van der Waals surface area contributed by atoms with Gasteiger partial charge < -0.3 is 5.73 Å². The lowest BCUT2D eigenvalue weighted by Gasteiger charge is -2.32. The molecule has 4 aromatic carbocycles. The standard InChI is InChI=1S/C34H26N2/c35-20-23-17-22(33-29-15-7-5-12-26(29)27-13-6-8-16-30(27)33)19-32(36)34(23)31-18-21-9-1-2-10-24(21)25-11-3-4-14-28(25)31/h1,3-9,11-17,19,31,33H,2,10,18,36H2. The van der Waals surface area contributed by atoms with Crippen LogP contribution >= 0.6 is 0 Å². The third-order valence-corrected chi connectivity index (χ3v) is 8.22. The second kappa shape index (κ2) is 8.11. The molecule has 0 saturated heterocycles. The fourth-order valence-corrected chi connectivity index (χ4v) is 6.74. The number of allylic oxidation sites excluding steroid dienone is 4. The monoisotopic (exact) mass is 462 g/mol. The maximum absolute atomic E-state index is 10.4. The topological polar surface area (TPSA) is 49.8 Å². The molecule has 0 amide bonds. The Hall–Kier alpha value is -4.35. The van der Waals surface area contributed by atoms with E-state index in [4.69, 9.17) is 5.73 Å². The van der Waals surface area contributed by atoms with E-state index in [-0.39, 0.29) is 11.8 Å². The predicted molar refractivity (Wildman–Crippen MR) is 147 cm³/mol. The molecule has 7 rings (SSSR count). The molecule has 36 heavy (non-hydrogen) atoms. The van der Waals surface area contributed by atoms with Gasteiger partial charge >= 0.3 is 0 Å². The van der Waals surface area contributed by atoms with Crippen molar-refractivity contribution in [2.24, 2.45) is 0 Å². The van der Waals surface area contributed by atoms with Gasteiger partial charge in [-0.2, -0.15) is 5.26 Å². The number of nitrogens with two attached hydrogens (primary N) is 1. The van der Waals surface area contributed by atoms with Gasteiger partial charge in [0.15, 0.2) is 0 Å². The van der Waals surface area contributed by atoms with Gasteiger partial charge in [0.1, 0.15) is 0 Å². The van der Waals surface area contributed by atoms with E-state index in [1.165, 1.54) is 44.5 Å². The summed E-state index contributed by atoms with van der Waals surface area (Å²) in [5.74, 6) is 0.157. The van der Waals surface area contributed by atoms with Crippen LogP contribution in [0.4, 0.5) is 5.69 Å². The zero-order valence-electron chi connectivity index (χ0n) is 20.0. The first-order chi connectivity index (χ1) is 17.7. The minimum Gasteiger partial charge on any atom is -0.398 e. The lowest BCUT2D eigenvalue weighted by Crippen LogP contribution is -2.16. The van der Waals surface area contributed by atoms with Crippen LogP contribution in [-0.2, 0) is 0 Å². The molecule has 0 fully saturated rings. The van der Waals surface area contributed by atoms with Gasteiger partial charge in [-0.05, 0) is 81.5 Å². The van der Waals surface area contributed by atoms with Gasteiger partial charge in [-0.25, -0.2) is 0 Å². The van der Waals surface area contributed by atoms with Gasteiger partial charge in [0, 0.05) is 23.1 Å². The van der Waals surface area contributed by atoms with E-state index in [1.54, 1.807) is 0 Å². The molecular formula is C34H26N2. The molecule has 0 aliphatic heterocycles. The number of anilines is 1. The van der Waals surface area contributed by atoms with E-state index in [1.807, 2.05) is 0 Å². The normalized spacial score (nSPS) is 17.7. The molecule has 1 unspecified atom stereocenters. The highest BCUT2D eigenvalue weighted by molar-refractivity contribution is 5.82. The first-order valence-electron chi connectivity index (χ1n) is 12.7. The molecule has 0 radical (unpaired) electrons. The van der Waals surface area contributed by atoms with Crippen LogP contribution in [0, 0.1) is 11.3 Å². The van der Waals surface area contributed by atoms with E-state index >= 15 is 0 Å². The van der Waals surface area contributed by atoms with Crippen LogP contribution in [0.15, 0.2) is 103 Å². The predicted octanol–water partition coefficient (Wildman–Crippen LogP) is 7.94. The molecule has 0 saturated carbocycles. The van der Waals surface area contributed by atoms with Gasteiger partial charge in [-0.15, -0.1) is 0 Å². The SMILES string of the molecule is N#Cc1cc(C2c3ccccc3-c3ccccc32)cc(N)c1C1CC2=C(CCC=C2)c2ccccc21. The van der Waals surface area contributed by atoms with Gasteiger partial charge in [0.05, 0.1) is 11.6 Å². The first kappa shape index (κ1) is 21.0. The van der Waals surface area contributed by atoms with Crippen molar-refractivity contribution in [2.75, 3.05) is 5.73 Å². The van der Waals surface area contributed by atoms with Gasteiger partial charge in [0.2, 0.25) is 0 Å². The van der Waals surface area contributed by atoms with Crippen molar-refractivity contribution in [1.29, 1.82) is 5.26 Å². The van der Waals surface area contributed by atoms with Crippen molar-refractivity contribution in [2.45, 2.75) is 31.1 Å². The maximum atomic E-state index is 10.4. The van der Waals surface area contributed by atoms with Crippen molar-refractivity contribution < 1.29 is 0 Å². The molecule has 1 atom stereocenters. The summed E-state index contributed by atoms with van der Waals surface area (Å²) in [7, 11) is 0. The highest BCUT2D eigenvalue weighted by atomic mass is 14.6. The Labute approximate surface area is 212 Å². The van der Waals surface area contributed by atoms with Gasteiger partial charge in [0.25, 0.3) is 0 Å². The third-order valence-electron chi connectivity index (χ3n) is 8.22. The molecule has 4 aromatic rings. The third kappa shape index (κ3) is 3.03. The Morgan fingerprint density at radius 3 is 2.11 bits per heavy atom. The summed E-state index contributed by atoms with van der Waals surface area (Å²) in [5, 5.41) is 10.4. The molecule has 172 valence electrons. The minimum atomic E-state index is 0.0783. The van der Waals surface area contributed by atoms with Crippen LogP contribution in [0.2, 0.25) is 0 Å². The smallest absolute Gasteiger partial charge is 0.0995 e. The second-order valence-electron chi connectivity index (χ2n) is 10.1. The van der Waals surface area contributed by atoms with Gasteiger partial charge in [-0.3, -0.25) is 0 Å². The number of nitrogens with zero attached hydrogens (tertiary/aromatic N) is 1. The number of nitrogen functional groups attached to an aromatic ring is 1. The highest BCUT2D eigenvalue weighted by Crippen LogP contribution is 2.51. The minimum absolute atomic E-state index is 0.0783. The fraction of sp³-hybridized carbons (Fsp3) is 0.147. The average molecular weight is 463 g/mol. The molecular weight excluding hydrogens is 436 g/mol. The van der Waals surface area contributed by atoms with E-state index in [9.17, 15) is 5.26 Å². The molecule has 3 aliphatic carbocycles. The van der Waals surface area contributed by atoms with Crippen LogP contribution in [-0.4, -0.2) is 0 Å². The Morgan fingerprint density at radius 2 is 1.42 bits per heavy atom. The number of fused-ring (bicyclic) bond motifs is 5. The number of rotatable bonds is 2. The zero-order valence-corrected chi connectivity index (χ0v) is 20.0. The Balaban J connectivity index is 1.39. The largest absolute Gasteiger partial charge is 0.398 e. The molecule has 0 bridgehead atoms. The fourth-order valence-electron chi connectivity index (χ4n) is 6.74. The molecule has 0 spiro atoms. The summed E-state index contributed by atoms with van der Waals surface area (Å²) in [5.41, 5.74) is 20.9. The number of nitriles is 1. The molecule has 2 N–H and O–H groups in total. The quantitative estimate of drug-likeness (QED) is 0.271. The van der Waals surface area contributed by atoms with Crippen LogP contribution in [0.25, 0.3) is 16.7 Å². The van der Waals surface area contributed by atoms with Crippen LogP contribution in [0.1, 0.15) is 70.0 Å². The summed E-state index contributed by atoms with van der Waals surface area (Å²) in [6.07, 6.45) is 7.61. The molecule has 2 nitrogen and oxygen atoms in total. The summed E-state index contributed by atoms with van der Waals surface area (Å²) >= 11 is 0. The summed E-state index contributed by atoms with van der Waals surface area (Å²) < 4.78 is 0. The van der Waals surface area contributed by atoms with E-state index in [0.29, 0.717) is 5.56 Å². The lowest BCUT2D eigenvalue weighted by atomic mass is 9.71. The molecule has 2 heteroatoms. The second-order valence-corrected chi connectivity index (χ2v) is 10.1. The van der Waals surface area contributed by atoms with Crippen LogP contribution in [0.3, 0.4) is 0 Å². The van der Waals surface area contributed by atoms with E-state index in [2.05, 4.69) is 103 Å². The van der Waals surface area contributed by atoms with Crippen molar-refractivity contribution in [3.8, 4) is 17.2 Å². The first-order valence-corrected chi connectivity index (χ1v) is 12.7. The summed E-state index contributed by atoms with van der Waals surface area (Å²) in [4.78, 5) is 0. The van der Waals surface area contributed by atoms with E-state index in [0.717, 1.165) is 36.1 Å². The van der Waals surface area contributed by atoms with Crippen molar-refractivity contribution in [3.63, 3.8) is 0 Å². The number of hydrogen-bond donors (Lipinski definition) is 1. The zero-order chi connectivity index (χ0) is 24.2. The van der Waals surface area contributed by atoms with Gasteiger partial charge in [-0.1, -0.05) is 84.9 Å². The van der Waals surface area contributed by atoms with Crippen molar-refractivity contribution in [1.82, 2.24) is 0 Å². The van der Waals surface area contributed by atoms with Crippen LogP contribution < -0.4 is 5.73 Å². The molecule has 3 aliphatic rings. The summed E-state index contributed by atoms with van der Waals surface area (Å²) in [6, 6.07) is 32.6. The summed E-state index contributed by atoms with van der Waals surface area (Å²) in [6.45, 7) is 0. The molecule has 0 aromatic heterocycles. The van der Waals surface area contributed by atoms with E-state index < -0.39 is 0 Å². The Bertz CT molecular complexity index is 1600. The number of benzene rings is 4. The molecule has 0 heterocycles. The highest BCUT2D eigenvalue weighted by Gasteiger charge is 2.33. The van der Waals surface area contributed by atoms with Crippen molar-refractivity contribution >= 4 is 11.3 Å². The average Bonchev–Trinajstić information content (AvgIpc) is 3.27. The van der Waals surface area contributed by atoms with Crippen molar-refractivity contribution in [3.05, 3.63) is 142 Å². The number of hydrogen-bond acceptors (Lipinski definition) is 2. The van der Waals surface area contributed by atoms with Crippen LogP contribution in [0.5, 0.6) is 0 Å². The Kier molecular flexibility index (Phi) is 4.72. The maximum Gasteiger partial charge on any atom is 0.0995 e. The Morgan fingerprint density at radius 1 is 0.778 bits per heavy atom. The lowest BCUT2D eigenvalue weighted by molar-refractivity contribution is 0.777.